The van der Waals surface area contributed by atoms with Crippen LogP contribution in [-0.4, -0.2) is 41.9 Å². The number of primary amides is 1. The first-order chi connectivity index (χ1) is 14.5. The first-order valence-corrected chi connectivity index (χ1v) is 9.31. The molecule has 0 unspecified atom stereocenters. The van der Waals surface area contributed by atoms with Crippen molar-refractivity contribution < 1.29 is 19.0 Å². The molecule has 10 heteroatoms. The number of anilines is 2. The number of halogens is 1. The molecule has 0 fully saturated rings. The van der Waals surface area contributed by atoms with E-state index >= 15 is 0 Å². The van der Waals surface area contributed by atoms with Gasteiger partial charge in [0.05, 0.1) is 26.5 Å². The molecule has 1 amide bonds. The molecular formula is C20H20ClN5O4. The number of nitrogens with two attached hydrogens (primary N) is 1. The van der Waals surface area contributed by atoms with Crippen LogP contribution in [0.25, 0.3) is 11.3 Å². The summed E-state index contributed by atoms with van der Waals surface area (Å²) in [6.07, 6.45) is 0. The van der Waals surface area contributed by atoms with Crippen molar-refractivity contribution in [1.29, 1.82) is 0 Å². The molecule has 0 aliphatic rings. The van der Waals surface area contributed by atoms with Gasteiger partial charge in [0, 0.05) is 17.7 Å². The minimum Gasteiger partial charge on any atom is -0.494 e. The zero-order valence-electron chi connectivity index (χ0n) is 16.6. The van der Waals surface area contributed by atoms with Gasteiger partial charge in [-0.2, -0.15) is 0 Å². The summed E-state index contributed by atoms with van der Waals surface area (Å²) in [5.74, 6) is 0.614. The third-order valence-electron chi connectivity index (χ3n) is 4.10. The molecule has 0 saturated carbocycles. The van der Waals surface area contributed by atoms with Crippen LogP contribution < -0.4 is 25.3 Å². The first-order valence-electron chi connectivity index (χ1n) is 8.93. The summed E-state index contributed by atoms with van der Waals surface area (Å²) < 4.78 is 16.2. The molecule has 0 atom stereocenters. The number of nitrogens with one attached hydrogen (secondary N) is 1. The van der Waals surface area contributed by atoms with Crippen LogP contribution in [0.3, 0.4) is 0 Å². The number of para-hydroxylation sites is 1. The third kappa shape index (κ3) is 4.36. The molecule has 156 valence electrons. The van der Waals surface area contributed by atoms with E-state index in [1.54, 1.807) is 50.6 Å². The van der Waals surface area contributed by atoms with Gasteiger partial charge in [0.15, 0.2) is 5.15 Å². The molecule has 9 nitrogen and oxygen atoms in total. The zero-order valence-corrected chi connectivity index (χ0v) is 17.4. The van der Waals surface area contributed by atoms with Crippen molar-refractivity contribution in [2.75, 3.05) is 26.1 Å². The molecule has 0 spiro atoms. The topological polar surface area (TPSA) is 121 Å². The predicted octanol–water partition coefficient (Wildman–Crippen LogP) is 3.45. The Morgan fingerprint density at radius 3 is 2.43 bits per heavy atom. The summed E-state index contributed by atoms with van der Waals surface area (Å²) in [5, 5.41) is 11.4. The summed E-state index contributed by atoms with van der Waals surface area (Å²) >= 11 is 6.08. The van der Waals surface area contributed by atoms with Crippen molar-refractivity contribution in [3.8, 4) is 28.6 Å². The highest BCUT2D eigenvalue weighted by Gasteiger charge is 2.20. The second-order valence-electron chi connectivity index (χ2n) is 5.93. The Hall–Kier alpha value is -3.59. The number of methoxy groups -OCH3 is 2. The van der Waals surface area contributed by atoms with Gasteiger partial charge in [-0.1, -0.05) is 17.7 Å². The fourth-order valence-electron chi connectivity index (χ4n) is 2.82. The molecule has 3 aromatic rings. The van der Waals surface area contributed by atoms with Gasteiger partial charge in [0.2, 0.25) is 5.88 Å². The molecule has 2 aromatic heterocycles. The monoisotopic (exact) mass is 429 g/mol. The van der Waals surface area contributed by atoms with Gasteiger partial charge >= 0.3 is 0 Å². The van der Waals surface area contributed by atoms with Crippen LogP contribution in [0, 0.1) is 0 Å². The fourth-order valence-corrected chi connectivity index (χ4v) is 2.97. The molecule has 3 N–H and O–H groups in total. The smallest absolute Gasteiger partial charge is 0.268 e. The molecule has 0 aliphatic heterocycles. The quantitative estimate of drug-likeness (QED) is 0.558. The second kappa shape index (κ2) is 9.27. The lowest BCUT2D eigenvalue weighted by Crippen LogP contribution is -2.16. The zero-order chi connectivity index (χ0) is 21.7. The van der Waals surface area contributed by atoms with Gasteiger partial charge in [0.25, 0.3) is 5.91 Å². The maximum absolute atomic E-state index is 12.1. The Balaban J connectivity index is 2.16. The summed E-state index contributed by atoms with van der Waals surface area (Å²) in [6, 6.07) is 10.2. The molecule has 0 bridgehead atoms. The molecule has 3 rings (SSSR count). The van der Waals surface area contributed by atoms with E-state index < -0.39 is 5.91 Å². The summed E-state index contributed by atoms with van der Waals surface area (Å²) in [4.78, 5) is 16.3. The molecule has 2 heterocycles. The summed E-state index contributed by atoms with van der Waals surface area (Å²) in [7, 11) is 3.08. The van der Waals surface area contributed by atoms with Gasteiger partial charge in [-0.3, -0.25) is 4.79 Å². The van der Waals surface area contributed by atoms with Crippen molar-refractivity contribution >= 4 is 28.9 Å². The van der Waals surface area contributed by atoms with Crippen molar-refractivity contribution in [2.24, 2.45) is 5.73 Å². The standard InChI is InChI=1S/C20H20ClN5O4/c1-4-30-16-9-8-11(18(24-16)20(22)27)17-12(10-15(21)25-26-17)23-19-13(28-2)6-5-7-14(19)29-3/h5-10H,4H2,1-3H3,(H2,22,27)(H,23,25). The number of aromatic nitrogens is 3. The lowest BCUT2D eigenvalue weighted by atomic mass is 10.1. The highest BCUT2D eigenvalue weighted by atomic mass is 35.5. The Labute approximate surface area is 178 Å². The van der Waals surface area contributed by atoms with Crippen LogP contribution in [-0.2, 0) is 0 Å². The third-order valence-corrected chi connectivity index (χ3v) is 4.29. The molecule has 0 aliphatic carbocycles. The van der Waals surface area contributed by atoms with Crippen molar-refractivity contribution in [1.82, 2.24) is 15.2 Å². The van der Waals surface area contributed by atoms with E-state index in [9.17, 15) is 4.79 Å². The van der Waals surface area contributed by atoms with E-state index in [1.165, 1.54) is 0 Å². The number of carbonyl (C=O) groups is 1. The van der Waals surface area contributed by atoms with Crippen molar-refractivity contribution in [3.05, 3.63) is 47.2 Å². The van der Waals surface area contributed by atoms with E-state index in [0.29, 0.717) is 40.7 Å². The average Bonchev–Trinajstić information content (AvgIpc) is 2.74. The van der Waals surface area contributed by atoms with Crippen LogP contribution in [0.5, 0.6) is 17.4 Å². The Morgan fingerprint density at radius 2 is 1.83 bits per heavy atom. The first kappa shape index (κ1) is 21.1. The van der Waals surface area contributed by atoms with E-state index in [4.69, 9.17) is 31.5 Å². The lowest BCUT2D eigenvalue weighted by Gasteiger charge is -2.17. The van der Waals surface area contributed by atoms with Crippen LogP contribution in [0.4, 0.5) is 11.4 Å². The molecule has 30 heavy (non-hydrogen) atoms. The number of pyridine rings is 1. The highest BCUT2D eigenvalue weighted by molar-refractivity contribution is 6.29. The van der Waals surface area contributed by atoms with Gasteiger partial charge in [-0.25, -0.2) is 4.98 Å². The maximum Gasteiger partial charge on any atom is 0.268 e. The molecule has 0 radical (unpaired) electrons. The Kier molecular flexibility index (Phi) is 6.53. The number of rotatable bonds is 8. The number of carbonyl (C=O) groups excluding carboxylic acids is 1. The molecule has 0 saturated heterocycles. The van der Waals surface area contributed by atoms with Gasteiger partial charge in [0.1, 0.15) is 28.6 Å². The van der Waals surface area contributed by atoms with Crippen LogP contribution >= 0.6 is 11.6 Å². The highest BCUT2D eigenvalue weighted by Crippen LogP contribution is 2.39. The van der Waals surface area contributed by atoms with Crippen LogP contribution in [0.15, 0.2) is 36.4 Å². The maximum atomic E-state index is 12.1. The second-order valence-corrected chi connectivity index (χ2v) is 6.32. The summed E-state index contributed by atoms with van der Waals surface area (Å²) in [6.45, 7) is 2.21. The van der Waals surface area contributed by atoms with Gasteiger partial charge in [-0.15, -0.1) is 10.2 Å². The number of benzene rings is 1. The number of hydrogen-bond donors (Lipinski definition) is 2. The molecule has 1 aromatic carbocycles. The molecular weight excluding hydrogens is 410 g/mol. The number of amides is 1. The average molecular weight is 430 g/mol. The lowest BCUT2D eigenvalue weighted by molar-refractivity contribution is 0.0995. The number of nitrogens with zero attached hydrogens (tertiary/aromatic N) is 3. The predicted molar refractivity (Wildman–Crippen MR) is 113 cm³/mol. The minimum atomic E-state index is -0.732. The minimum absolute atomic E-state index is 0.00684. The van der Waals surface area contributed by atoms with E-state index in [2.05, 4.69) is 20.5 Å². The van der Waals surface area contributed by atoms with E-state index in [-0.39, 0.29) is 16.7 Å². The largest absolute Gasteiger partial charge is 0.494 e. The van der Waals surface area contributed by atoms with Crippen LogP contribution in [0.1, 0.15) is 17.4 Å². The summed E-state index contributed by atoms with van der Waals surface area (Å²) in [5.41, 5.74) is 7.22. The Bertz CT molecular complexity index is 1050. The van der Waals surface area contributed by atoms with Crippen LogP contribution in [0.2, 0.25) is 5.15 Å². The van der Waals surface area contributed by atoms with Gasteiger partial charge in [-0.05, 0) is 25.1 Å². The Morgan fingerprint density at radius 1 is 1.13 bits per heavy atom. The van der Waals surface area contributed by atoms with Gasteiger partial charge < -0.3 is 25.3 Å². The SMILES string of the molecule is CCOc1ccc(-c2nnc(Cl)cc2Nc2c(OC)cccc2OC)c(C(N)=O)n1. The number of ether oxygens (including phenoxy) is 3. The van der Waals surface area contributed by atoms with Crippen molar-refractivity contribution in [3.63, 3.8) is 0 Å². The number of hydrogen-bond acceptors (Lipinski definition) is 8. The van der Waals surface area contributed by atoms with E-state index in [0.717, 1.165) is 0 Å². The van der Waals surface area contributed by atoms with Crippen molar-refractivity contribution in [2.45, 2.75) is 6.92 Å². The van der Waals surface area contributed by atoms with E-state index in [1.807, 2.05) is 6.92 Å². The fraction of sp³-hybridized carbons (Fsp3) is 0.200. The normalized spacial score (nSPS) is 10.4.